The van der Waals surface area contributed by atoms with Gasteiger partial charge in [0.2, 0.25) is 40.0 Å². The summed E-state index contributed by atoms with van der Waals surface area (Å²) in [4.78, 5) is 27.9. The van der Waals surface area contributed by atoms with Crippen molar-refractivity contribution >= 4 is 202 Å². The molecular formula is C87H60B2Cl4Cs2F9N13O19S8. The molecule has 2 radical (unpaired) electrons. The van der Waals surface area contributed by atoms with Crippen molar-refractivity contribution in [3.05, 3.63) is 322 Å². The number of nitrogens with zero attached hydrogens (tertiary/aromatic N) is 12. The van der Waals surface area contributed by atoms with E-state index in [2.05, 4.69) is 74.5 Å². The van der Waals surface area contributed by atoms with Gasteiger partial charge in [0.25, 0.3) is 6.47 Å². The van der Waals surface area contributed by atoms with Crippen molar-refractivity contribution in [3.63, 3.8) is 0 Å². The van der Waals surface area contributed by atoms with Crippen LogP contribution in [0.3, 0.4) is 0 Å². The number of ether oxygens (including phenoxy) is 3. The summed E-state index contributed by atoms with van der Waals surface area (Å²) < 4.78 is 248. The molecule has 0 aliphatic heterocycles. The van der Waals surface area contributed by atoms with E-state index in [1.807, 2.05) is 12.1 Å². The predicted molar refractivity (Wildman–Crippen MR) is 512 cm³/mol. The van der Waals surface area contributed by atoms with Gasteiger partial charge in [-0.15, -0.1) is 74.8 Å². The molecule has 0 aliphatic rings. The second kappa shape index (κ2) is 55.6. The number of fused-ring (bicyclic) bond motifs is 4. The number of halogens is 13. The van der Waals surface area contributed by atoms with Crippen LogP contribution in [-0.2, 0) is 66.6 Å². The summed E-state index contributed by atoms with van der Waals surface area (Å²) in [5.74, 6) is -15.3. The molecule has 0 atom stereocenters. The minimum atomic E-state index is -4.93. The summed E-state index contributed by atoms with van der Waals surface area (Å²) in [7, 11) is -10.0. The first-order valence-electron chi connectivity index (χ1n) is 38.8. The molecule has 0 saturated carbocycles. The van der Waals surface area contributed by atoms with Crippen molar-refractivity contribution in [1.29, 1.82) is 0 Å². The molecule has 0 aliphatic carbocycles. The molecule has 0 bridgehead atoms. The van der Waals surface area contributed by atoms with Crippen LogP contribution in [0.4, 0.5) is 44.6 Å². The molecular weight excluding hydrogens is 2390 g/mol. The first-order chi connectivity index (χ1) is 67.8. The number of hydrogen-bond donors (Lipinski definition) is 3. The first-order valence-corrected chi connectivity index (χ1v) is 50.2. The zero-order chi connectivity index (χ0) is 103. The van der Waals surface area contributed by atoms with E-state index in [0.29, 0.717) is 113 Å². The van der Waals surface area contributed by atoms with Gasteiger partial charge in [0.15, 0.2) is 35.3 Å². The van der Waals surface area contributed by atoms with E-state index in [4.69, 9.17) is 91.1 Å². The van der Waals surface area contributed by atoms with Crippen LogP contribution in [0.15, 0.2) is 254 Å². The molecule has 144 heavy (non-hydrogen) atoms. The topological polar surface area (TPSA) is 462 Å². The van der Waals surface area contributed by atoms with Crippen LogP contribution >= 0.6 is 91.8 Å². The Kier molecular flexibility index (Phi) is 45.6. The molecule has 0 unspecified atom stereocenters. The molecule has 32 nitrogen and oxygen atoms in total. The summed E-state index contributed by atoms with van der Waals surface area (Å²) in [5, 5.41) is 60.7. The van der Waals surface area contributed by atoms with Gasteiger partial charge in [-0.1, -0.05) is 88.1 Å². The minimum Gasteiger partial charge on any atom is -1.00 e. The van der Waals surface area contributed by atoms with Crippen molar-refractivity contribution in [2.75, 3.05) is 27.1 Å². The van der Waals surface area contributed by atoms with Crippen molar-refractivity contribution in [3.8, 4) is 67.9 Å². The number of pyridine rings is 4. The van der Waals surface area contributed by atoms with E-state index < -0.39 is 103 Å². The number of methoxy groups -OCH3 is 3. The zero-order valence-corrected chi connectivity index (χ0v) is 95.9. The number of hydrogen-bond acceptors (Lipinski definition) is 36. The Morgan fingerprint density at radius 3 is 1.15 bits per heavy atom. The van der Waals surface area contributed by atoms with E-state index in [9.17, 15) is 73.2 Å². The molecule has 18 aromatic rings. The molecule has 8 heterocycles. The molecule has 0 amide bonds. The Hall–Kier alpha value is -9.41. The average Bonchev–Trinajstić information content (AvgIpc) is 1.13. The molecule has 18 rings (SSSR count). The summed E-state index contributed by atoms with van der Waals surface area (Å²) in [5.41, 5.74) is 17.2. The molecule has 8 aromatic heterocycles. The van der Waals surface area contributed by atoms with Gasteiger partial charge in [-0.2, -0.15) is 17.2 Å². The molecule has 0 saturated heterocycles. The number of sulfone groups is 3. The number of carbonyl (C=O) groups is 1. The Balaban J connectivity index is 0.000000214. The van der Waals surface area contributed by atoms with Gasteiger partial charge in [0.1, 0.15) is 105 Å². The first kappa shape index (κ1) is 118. The van der Waals surface area contributed by atoms with Gasteiger partial charge in [0.05, 0.1) is 68.1 Å². The third kappa shape index (κ3) is 32.3. The summed E-state index contributed by atoms with van der Waals surface area (Å²) >= 11 is 28.6. The Morgan fingerprint density at radius 1 is 0.396 bits per heavy atom. The summed E-state index contributed by atoms with van der Waals surface area (Å²) in [6, 6.07) is 45.9. The van der Waals surface area contributed by atoms with Crippen molar-refractivity contribution < 1.29 is 265 Å². The molecule has 10 aromatic carbocycles. The fraction of sp³-hybridized carbons (Fsp3) is 0.0690. The van der Waals surface area contributed by atoms with Crippen molar-refractivity contribution in [2.24, 2.45) is 0 Å². The molecule has 4 N–H and O–H groups in total. The van der Waals surface area contributed by atoms with Gasteiger partial charge in [0, 0.05) is 97.8 Å². The maximum absolute atomic E-state index is 13.7. The van der Waals surface area contributed by atoms with Gasteiger partial charge in [-0.05, 0) is 150 Å². The van der Waals surface area contributed by atoms with Gasteiger partial charge < -0.3 is 55.1 Å². The third-order valence-corrected chi connectivity index (χ3v) is 28.9. The van der Waals surface area contributed by atoms with Crippen LogP contribution in [0.25, 0.3) is 77.0 Å². The summed E-state index contributed by atoms with van der Waals surface area (Å²) in [6.45, 7) is -0.181. The third-order valence-electron chi connectivity index (χ3n) is 18.5. The molecule has 734 valence electrons. The Labute approximate surface area is 968 Å². The van der Waals surface area contributed by atoms with Gasteiger partial charge in [-0.25, -0.2) is 56.0 Å². The van der Waals surface area contributed by atoms with Crippen LogP contribution in [0.5, 0.6) is 34.5 Å². The fourth-order valence-corrected chi connectivity index (χ4v) is 20.8. The van der Waals surface area contributed by atoms with Crippen LogP contribution in [0, 0.1) is 52.4 Å². The van der Waals surface area contributed by atoms with E-state index in [1.54, 1.807) is 128 Å². The van der Waals surface area contributed by atoms with Gasteiger partial charge in [-0.3, -0.25) is 24.7 Å². The van der Waals surface area contributed by atoms with Crippen LogP contribution < -0.4 is 176 Å². The number of nitrogens with two attached hydrogens (primary N) is 1. The average molecular weight is 2450 g/mol. The maximum Gasteiger partial charge on any atom is 1.00 e. The number of aromatic nitrogens is 12. The standard InChI is InChI=1S/C25H17F2N3O3S2.C19H14ClN3O3S2.C15H5ClF5NO3S.C12H8ClN3O2S2.C7H7BClO3.C6H4BF2O2.C2H3N3S.CH2O3.2Cs.H/c1-33-24-10-15(16-8-17(26)11-18(27)9-16)2-4-22(24)20-6-7-28-23-12-19(3-5-21(20)23)35(31,32)13-25-30-29-14-34-25;1-26-18-8-12(20)2-4-16(18)14-6-7-21-17-9-13(3-5-15(14)17)28(24,25)10-19-23-22-11-27-19;16-8-3-4-22-9-5-6(1-2-7(8)9)26(23,24)25-15-13(20)11(18)10(17)12(19)14(15)21;13-10-3-4-14-11-5-8(1-2-9(10)11)20(17,18)6-12-16-15-7-19-12;1-11-7-4-5(9)2-3-6(7)12-8-10;8-4-1-5(9)3-6(2-4)11-7-10;3-2-5-4-1-6-2;2-1-4-3;;;/h2-12,14H,13H2,1H3;2-9,11H,10H2,1H3;1-5H;1-5,7H,6H2;2-4,10H,1H3;1-3,10H;1H,(H2,3,5);1,3H;;;/q;;;;;;;;2*+1;-1/p-1. The summed E-state index contributed by atoms with van der Waals surface area (Å²) in [6.07, 6.45) is 6.07. The number of nitrogen functional groups attached to an aromatic ring is 1. The monoisotopic (exact) mass is 2440 g/mol. The van der Waals surface area contributed by atoms with Crippen molar-refractivity contribution in [1.82, 2.24) is 60.7 Å². The molecule has 0 spiro atoms. The van der Waals surface area contributed by atoms with Crippen molar-refractivity contribution in [2.45, 2.75) is 36.8 Å². The minimum absolute atomic E-state index is 0. The normalized spacial score (nSPS) is 10.9. The van der Waals surface area contributed by atoms with E-state index >= 15 is 0 Å². The Bertz CT molecular complexity index is 7970. The predicted octanol–water partition coefficient (Wildman–Crippen LogP) is 11.9. The maximum atomic E-state index is 13.7. The second-order valence-corrected chi connectivity index (χ2v) is 40.3. The van der Waals surface area contributed by atoms with Crippen LogP contribution in [-0.4, -0.2) is 148 Å². The number of anilines is 1. The van der Waals surface area contributed by atoms with E-state index in [0.717, 1.165) is 68.7 Å². The number of carbonyl (C=O) groups excluding carboxylic acids is 1. The largest absolute Gasteiger partial charge is 1.00 e. The SMILES string of the molecule is COc1cc(-c2cc(F)cc(F)c2)ccc1-c1ccnc2cc(S(=O)(=O)Cc3nncs3)ccc12.COc1cc(Cl)ccc1-c1ccnc2cc(S(=O)(=O)Cc3nncs3)ccc12.COc1cc(Cl)ccc1O[B]O.Nc1nncs1.O=CO[O-].O=S(=O)(Cc1nncs1)c1ccc2c(Cl)ccnc2c1.O=S(=O)(Oc1c(F)c(F)c(F)c(F)c1F)c1ccc2c(Cl)ccnc2c1.O[B]Oc1cc(F)cc(F)c1.[Cs+].[Cs+].[H-]. The van der Waals surface area contributed by atoms with E-state index in [1.165, 1.54) is 125 Å². The smallest absolute Gasteiger partial charge is 1.00 e. The number of benzene rings is 10. The molecule has 57 heteroatoms. The van der Waals surface area contributed by atoms with Crippen LogP contribution in [0.1, 0.15) is 16.4 Å². The molecule has 0 fully saturated rings. The van der Waals surface area contributed by atoms with E-state index in [-0.39, 0.29) is 194 Å². The zero-order valence-electron chi connectivity index (χ0n) is 74.8. The Morgan fingerprint density at radius 2 is 0.757 bits per heavy atom. The quantitative estimate of drug-likeness (QED) is 0.00782. The second-order valence-electron chi connectivity index (χ2n) is 27.5. The number of rotatable bonds is 23. The van der Waals surface area contributed by atoms with Crippen LogP contribution in [0.2, 0.25) is 20.1 Å². The fourth-order valence-electron chi connectivity index (χ4n) is 12.3. The van der Waals surface area contributed by atoms with Gasteiger partial charge >= 0.3 is 163 Å².